The van der Waals surface area contributed by atoms with Crippen LogP contribution in [0.3, 0.4) is 0 Å². The van der Waals surface area contributed by atoms with Gasteiger partial charge >= 0.3 is 5.97 Å². The van der Waals surface area contributed by atoms with Crippen molar-refractivity contribution in [3.8, 4) is 0 Å². The van der Waals surface area contributed by atoms with Gasteiger partial charge in [0.15, 0.2) is 12.7 Å². The van der Waals surface area contributed by atoms with Crippen molar-refractivity contribution in [3.63, 3.8) is 0 Å². The highest BCUT2D eigenvalue weighted by atomic mass is 35.5. The smallest absolute Gasteiger partial charge is 0.335 e. The molecule has 1 saturated heterocycles. The molecular formula is C14H16ClNO4. The number of benzene rings is 1. The fourth-order valence-corrected chi connectivity index (χ4v) is 2.04. The standard InChI is InChI=1S/C14H16ClNO4/c1-9-4-5-10(7-11(9)15)16-13(17)8-20-14(18)12-3-2-6-19-12/h4-5,7,12H,2-3,6,8H2,1H3,(H,16,17)/t12-/m0/s1. The van der Waals surface area contributed by atoms with Crippen LogP contribution in [0.2, 0.25) is 5.02 Å². The lowest BCUT2D eigenvalue weighted by atomic mass is 10.2. The molecule has 0 saturated carbocycles. The summed E-state index contributed by atoms with van der Waals surface area (Å²) < 4.78 is 10.1. The fourth-order valence-electron chi connectivity index (χ4n) is 1.86. The lowest BCUT2D eigenvalue weighted by Gasteiger charge is -2.10. The van der Waals surface area contributed by atoms with Gasteiger partial charge in [-0.3, -0.25) is 4.79 Å². The third-order valence-electron chi connectivity index (χ3n) is 2.99. The Morgan fingerprint density at radius 1 is 1.50 bits per heavy atom. The molecule has 1 fully saturated rings. The van der Waals surface area contributed by atoms with E-state index >= 15 is 0 Å². The van der Waals surface area contributed by atoms with E-state index in [9.17, 15) is 9.59 Å². The van der Waals surface area contributed by atoms with Gasteiger partial charge < -0.3 is 14.8 Å². The minimum Gasteiger partial charge on any atom is -0.454 e. The first-order valence-corrected chi connectivity index (χ1v) is 6.78. The molecule has 1 heterocycles. The Morgan fingerprint density at radius 3 is 2.95 bits per heavy atom. The van der Waals surface area contributed by atoms with E-state index in [4.69, 9.17) is 21.1 Å². The first kappa shape index (κ1) is 14.8. The Bertz CT molecular complexity index is 512. The molecule has 0 spiro atoms. The number of hydrogen-bond donors (Lipinski definition) is 1. The van der Waals surface area contributed by atoms with Crippen molar-refractivity contribution in [1.29, 1.82) is 0 Å². The maximum absolute atomic E-state index is 11.7. The summed E-state index contributed by atoms with van der Waals surface area (Å²) in [6.45, 7) is 2.11. The van der Waals surface area contributed by atoms with Gasteiger partial charge in [0.1, 0.15) is 0 Å². The van der Waals surface area contributed by atoms with Gasteiger partial charge in [0.05, 0.1) is 0 Å². The minimum atomic E-state index is -0.531. The van der Waals surface area contributed by atoms with Crippen LogP contribution in [0.4, 0.5) is 5.69 Å². The largest absolute Gasteiger partial charge is 0.454 e. The van der Waals surface area contributed by atoms with Crippen LogP contribution in [0.25, 0.3) is 0 Å². The summed E-state index contributed by atoms with van der Waals surface area (Å²) in [5, 5.41) is 3.18. The van der Waals surface area contributed by atoms with Crippen LogP contribution >= 0.6 is 11.6 Å². The molecule has 2 rings (SSSR count). The topological polar surface area (TPSA) is 64.6 Å². The van der Waals surface area contributed by atoms with Gasteiger partial charge in [-0.2, -0.15) is 0 Å². The maximum atomic E-state index is 11.7. The SMILES string of the molecule is Cc1ccc(NC(=O)COC(=O)[C@@H]2CCCO2)cc1Cl. The van der Waals surface area contributed by atoms with Gasteiger partial charge in [0.25, 0.3) is 5.91 Å². The lowest BCUT2D eigenvalue weighted by Crippen LogP contribution is -2.27. The summed E-state index contributed by atoms with van der Waals surface area (Å²) in [5.41, 5.74) is 1.49. The van der Waals surface area contributed by atoms with Gasteiger partial charge in [0, 0.05) is 17.3 Å². The number of amides is 1. The quantitative estimate of drug-likeness (QED) is 0.866. The molecule has 1 aromatic carbocycles. The van der Waals surface area contributed by atoms with Gasteiger partial charge in [-0.1, -0.05) is 17.7 Å². The van der Waals surface area contributed by atoms with Gasteiger partial charge in [-0.05, 0) is 37.5 Å². The summed E-state index contributed by atoms with van der Waals surface area (Å²) >= 11 is 5.96. The van der Waals surface area contributed by atoms with Crippen molar-refractivity contribution in [2.45, 2.75) is 25.9 Å². The van der Waals surface area contributed by atoms with E-state index < -0.39 is 18.0 Å². The van der Waals surface area contributed by atoms with Crippen molar-refractivity contribution in [2.75, 3.05) is 18.5 Å². The van der Waals surface area contributed by atoms with Crippen molar-refractivity contribution in [3.05, 3.63) is 28.8 Å². The number of carbonyl (C=O) groups excluding carboxylic acids is 2. The van der Waals surface area contributed by atoms with E-state index in [0.29, 0.717) is 23.7 Å². The molecule has 1 aliphatic rings. The van der Waals surface area contributed by atoms with Crippen LogP contribution in [0, 0.1) is 6.92 Å². The second-order valence-electron chi connectivity index (χ2n) is 4.62. The molecule has 20 heavy (non-hydrogen) atoms. The van der Waals surface area contributed by atoms with Crippen LogP contribution in [0.15, 0.2) is 18.2 Å². The summed E-state index contributed by atoms with van der Waals surface area (Å²) in [5.74, 6) is -0.893. The predicted molar refractivity (Wildman–Crippen MR) is 74.8 cm³/mol. The number of halogens is 1. The first-order valence-electron chi connectivity index (χ1n) is 6.40. The summed E-state index contributed by atoms with van der Waals surface area (Å²) in [7, 11) is 0. The van der Waals surface area contributed by atoms with Crippen molar-refractivity contribution < 1.29 is 19.1 Å². The third kappa shape index (κ3) is 3.95. The van der Waals surface area contributed by atoms with Crippen LogP contribution in [-0.4, -0.2) is 31.2 Å². The zero-order chi connectivity index (χ0) is 14.5. The number of nitrogens with one attached hydrogen (secondary N) is 1. The maximum Gasteiger partial charge on any atom is 0.335 e. The van der Waals surface area contributed by atoms with Crippen LogP contribution in [0.1, 0.15) is 18.4 Å². The highest BCUT2D eigenvalue weighted by Crippen LogP contribution is 2.20. The summed E-state index contributed by atoms with van der Waals surface area (Å²) in [4.78, 5) is 23.2. The number of esters is 1. The molecule has 1 aromatic rings. The Labute approximate surface area is 122 Å². The van der Waals surface area contributed by atoms with Gasteiger partial charge in [-0.15, -0.1) is 0 Å². The highest BCUT2D eigenvalue weighted by Gasteiger charge is 2.25. The van der Waals surface area contributed by atoms with E-state index in [1.54, 1.807) is 18.2 Å². The number of carbonyl (C=O) groups is 2. The summed E-state index contributed by atoms with van der Waals surface area (Å²) in [6, 6.07) is 5.19. The van der Waals surface area contributed by atoms with E-state index in [0.717, 1.165) is 12.0 Å². The molecule has 5 nitrogen and oxygen atoms in total. The normalized spacial score (nSPS) is 17.8. The third-order valence-corrected chi connectivity index (χ3v) is 3.40. The molecule has 0 unspecified atom stereocenters. The van der Waals surface area contributed by atoms with Gasteiger partial charge in [-0.25, -0.2) is 4.79 Å². The monoisotopic (exact) mass is 297 g/mol. The van der Waals surface area contributed by atoms with Crippen LogP contribution in [0.5, 0.6) is 0 Å². The molecule has 1 atom stereocenters. The second kappa shape index (κ2) is 6.72. The molecule has 1 amide bonds. The van der Waals surface area contributed by atoms with Crippen molar-refractivity contribution >= 4 is 29.2 Å². The molecule has 0 bridgehead atoms. The fraction of sp³-hybridized carbons (Fsp3) is 0.429. The minimum absolute atomic E-state index is 0.329. The number of anilines is 1. The zero-order valence-electron chi connectivity index (χ0n) is 11.1. The van der Waals surface area contributed by atoms with E-state index in [2.05, 4.69) is 5.32 Å². The molecule has 1 N–H and O–H groups in total. The Balaban J connectivity index is 1.80. The Hall–Kier alpha value is -1.59. The van der Waals surface area contributed by atoms with Crippen molar-refractivity contribution in [2.24, 2.45) is 0 Å². The Morgan fingerprint density at radius 2 is 2.30 bits per heavy atom. The van der Waals surface area contributed by atoms with Crippen LogP contribution in [-0.2, 0) is 19.1 Å². The first-order chi connectivity index (χ1) is 9.56. The second-order valence-corrected chi connectivity index (χ2v) is 5.03. The highest BCUT2D eigenvalue weighted by molar-refractivity contribution is 6.31. The molecule has 0 radical (unpaired) electrons. The van der Waals surface area contributed by atoms with E-state index in [1.807, 2.05) is 6.92 Å². The van der Waals surface area contributed by atoms with E-state index in [1.165, 1.54) is 0 Å². The number of ether oxygens (including phenoxy) is 2. The van der Waals surface area contributed by atoms with E-state index in [-0.39, 0.29) is 6.61 Å². The molecular weight excluding hydrogens is 282 g/mol. The molecule has 6 heteroatoms. The van der Waals surface area contributed by atoms with Gasteiger partial charge in [0.2, 0.25) is 0 Å². The number of aryl methyl sites for hydroxylation is 1. The predicted octanol–water partition coefficient (Wildman–Crippen LogP) is 2.31. The average Bonchev–Trinajstić information content (AvgIpc) is 2.94. The number of rotatable bonds is 4. The summed E-state index contributed by atoms with van der Waals surface area (Å²) in [6.07, 6.45) is 0.957. The molecule has 1 aliphatic heterocycles. The van der Waals surface area contributed by atoms with Crippen LogP contribution < -0.4 is 5.32 Å². The molecule has 108 valence electrons. The number of hydrogen-bond acceptors (Lipinski definition) is 4. The molecule has 0 aliphatic carbocycles. The lowest BCUT2D eigenvalue weighted by molar-refractivity contribution is -0.156. The average molecular weight is 298 g/mol. The van der Waals surface area contributed by atoms with Crippen molar-refractivity contribution in [1.82, 2.24) is 0 Å². The Kier molecular flexibility index (Phi) is 4.98. The molecule has 0 aromatic heterocycles. The zero-order valence-corrected chi connectivity index (χ0v) is 11.9.